The number of para-hydroxylation sites is 1. The zero-order chi connectivity index (χ0) is 28.8. The molecule has 1 aliphatic rings. The predicted molar refractivity (Wildman–Crippen MR) is 182 cm³/mol. The number of rotatable bonds is 7. The molecular weight excluding hydrogens is 518 g/mol. The van der Waals surface area contributed by atoms with Crippen molar-refractivity contribution in [2.75, 3.05) is 4.90 Å². The summed E-state index contributed by atoms with van der Waals surface area (Å²) in [5.41, 5.74) is 12.1. The van der Waals surface area contributed by atoms with Gasteiger partial charge in [0.15, 0.2) is 0 Å². The highest BCUT2D eigenvalue weighted by Gasteiger charge is 2.20. The molecular formula is C42H33N. The summed E-state index contributed by atoms with van der Waals surface area (Å²) in [4.78, 5) is 2.39. The summed E-state index contributed by atoms with van der Waals surface area (Å²) < 4.78 is 0. The molecule has 43 heavy (non-hydrogen) atoms. The van der Waals surface area contributed by atoms with Gasteiger partial charge in [0.2, 0.25) is 0 Å². The van der Waals surface area contributed by atoms with Crippen molar-refractivity contribution in [2.24, 2.45) is 0 Å². The van der Waals surface area contributed by atoms with Crippen LogP contribution in [0.4, 0.5) is 11.4 Å². The number of hydrogen-bond donors (Lipinski definition) is 0. The third kappa shape index (κ3) is 5.58. The number of nitrogens with zero attached hydrogens (tertiary/aromatic N) is 1. The molecule has 6 aromatic carbocycles. The third-order valence-corrected chi connectivity index (χ3v) is 8.23. The van der Waals surface area contributed by atoms with Crippen molar-refractivity contribution in [2.45, 2.75) is 12.3 Å². The third-order valence-electron chi connectivity index (χ3n) is 8.23. The van der Waals surface area contributed by atoms with E-state index < -0.39 is 0 Å². The van der Waals surface area contributed by atoms with Crippen LogP contribution in [0.1, 0.15) is 17.9 Å². The minimum Gasteiger partial charge on any atom is -0.311 e. The Balaban J connectivity index is 1.36. The molecule has 0 aliphatic heterocycles. The van der Waals surface area contributed by atoms with Crippen LogP contribution in [0.15, 0.2) is 188 Å². The van der Waals surface area contributed by atoms with E-state index in [2.05, 4.69) is 187 Å². The second-order valence-electron chi connectivity index (χ2n) is 10.9. The molecule has 0 aromatic heterocycles. The van der Waals surface area contributed by atoms with Crippen LogP contribution < -0.4 is 4.90 Å². The lowest BCUT2D eigenvalue weighted by molar-refractivity contribution is 0.840. The lowest BCUT2D eigenvalue weighted by atomic mass is 9.88. The van der Waals surface area contributed by atoms with Gasteiger partial charge in [-0.25, -0.2) is 0 Å². The number of benzene rings is 6. The van der Waals surface area contributed by atoms with Gasteiger partial charge in [0, 0.05) is 23.0 Å². The molecule has 1 aliphatic carbocycles. The SMILES string of the molecule is C1=CC(c2ccccc2)CC=C1N(c1ccccc1)c1ccc(-c2ccccc2-c2ccccc2)c(-c2ccccc2)c1. The molecule has 206 valence electrons. The van der Waals surface area contributed by atoms with Gasteiger partial charge in [-0.05, 0) is 75.7 Å². The van der Waals surface area contributed by atoms with E-state index in [0.717, 1.165) is 17.8 Å². The number of hydrogen-bond acceptors (Lipinski definition) is 1. The molecule has 1 heteroatoms. The summed E-state index contributed by atoms with van der Waals surface area (Å²) in [5.74, 6) is 0.388. The number of allylic oxidation sites excluding steroid dienone is 3. The van der Waals surface area contributed by atoms with Crippen LogP contribution in [0.3, 0.4) is 0 Å². The molecule has 7 rings (SSSR count). The van der Waals surface area contributed by atoms with Crippen LogP contribution in [-0.4, -0.2) is 0 Å². The average molecular weight is 552 g/mol. The van der Waals surface area contributed by atoms with Gasteiger partial charge in [-0.15, -0.1) is 0 Å². The maximum absolute atomic E-state index is 2.39. The van der Waals surface area contributed by atoms with Gasteiger partial charge in [0.1, 0.15) is 0 Å². The summed E-state index contributed by atoms with van der Waals surface area (Å²) in [6.45, 7) is 0. The van der Waals surface area contributed by atoms with E-state index in [4.69, 9.17) is 0 Å². The first kappa shape index (κ1) is 26.5. The minimum absolute atomic E-state index is 0.388. The van der Waals surface area contributed by atoms with Crippen LogP contribution in [0.25, 0.3) is 33.4 Å². The van der Waals surface area contributed by atoms with Gasteiger partial charge in [0.25, 0.3) is 0 Å². The highest BCUT2D eigenvalue weighted by atomic mass is 15.1. The highest BCUT2D eigenvalue weighted by molar-refractivity contribution is 5.93. The first-order valence-electron chi connectivity index (χ1n) is 15.0. The maximum Gasteiger partial charge on any atom is 0.0468 e. The van der Waals surface area contributed by atoms with Crippen LogP contribution in [0.2, 0.25) is 0 Å². The zero-order valence-corrected chi connectivity index (χ0v) is 24.1. The zero-order valence-electron chi connectivity index (χ0n) is 24.1. The summed E-state index contributed by atoms with van der Waals surface area (Å²) in [6, 6.07) is 58.6. The fourth-order valence-corrected chi connectivity index (χ4v) is 6.10. The summed E-state index contributed by atoms with van der Waals surface area (Å²) in [6.07, 6.45) is 7.98. The Labute approximate surface area is 254 Å². The quantitative estimate of drug-likeness (QED) is 0.191. The van der Waals surface area contributed by atoms with Gasteiger partial charge in [0.05, 0.1) is 0 Å². The Morgan fingerprint density at radius 3 is 1.60 bits per heavy atom. The second kappa shape index (κ2) is 12.2. The maximum atomic E-state index is 2.39. The first-order valence-corrected chi connectivity index (χ1v) is 15.0. The monoisotopic (exact) mass is 551 g/mol. The van der Waals surface area contributed by atoms with Crippen molar-refractivity contribution < 1.29 is 0 Å². The van der Waals surface area contributed by atoms with E-state index in [1.807, 2.05) is 0 Å². The smallest absolute Gasteiger partial charge is 0.0468 e. The minimum atomic E-state index is 0.388. The van der Waals surface area contributed by atoms with Crippen molar-refractivity contribution >= 4 is 11.4 Å². The molecule has 0 amide bonds. The summed E-state index contributed by atoms with van der Waals surface area (Å²) in [7, 11) is 0. The molecule has 0 fully saturated rings. The van der Waals surface area contributed by atoms with E-state index in [1.54, 1.807) is 0 Å². The van der Waals surface area contributed by atoms with Crippen LogP contribution in [0.5, 0.6) is 0 Å². The molecule has 0 saturated heterocycles. The molecule has 0 N–H and O–H groups in total. The van der Waals surface area contributed by atoms with Crippen LogP contribution >= 0.6 is 0 Å². The second-order valence-corrected chi connectivity index (χ2v) is 10.9. The van der Waals surface area contributed by atoms with Crippen molar-refractivity contribution in [3.05, 3.63) is 193 Å². The Morgan fingerprint density at radius 2 is 0.977 bits per heavy atom. The summed E-state index contributed by atoms with van der Waals surface area (Å²) >= 11 is 0. The fraction of sp³-hybridized carbons (Fsp3) is 0.0476. The first-order chi connectivity index (χ1) is 21.3. The molecule has 1 nitrogen and oxygen atoms in total. The summed E-state index contributed by atoms with van der Waals surface area (Å²) in [5, 5.41) is 0. The van der Waals surface area contributed by atoms with Gasteiger partial charge >= 0.3 is 0 Å². The Bertz CT molecular complexity index is 1870. The standard InChI is InChI=1S/C42H33N/c1-5-15-32(16-6-1)33-25-27-37(28-26-33)43(36-21-11-4-12-22-36)38-29-30-41(42(31-38)35-19-9-3-10-20-35)40-24-14-13-23-39(40)34-17-7-2-8-18-34/h1-25,27-31,33H,26H2. The van der Waals surface area contributed by atoms with E-state index in [9.17, 15) is 0 Å². The van der Waals surface area contributed by atoms with Gasteiger partial charge in [-0.3, -0.25) is 0 Å². The van der Waals surface area contributed by atoms with Gasteiger partial charge in [-0.2, -0.15) is 0 Å². The average Bonchev–Trinajstić information content (AvgIpc) is 3.10. The highest BCUT2D eigenvalue weighted by Crippen LogP contribution is 2.42. The molecule has 0 spiro atoms. The Hall–Kier alpha value is -5.40. The van der Waals surface area contributed by atoms with Gasteiger partial charge < -0.3 is 4.90 Å². The van der Waals surface area contributed by atoms with Crippen molar-refractivity contribution in [1.82, 2.24) is 0 Å². The Morgan fingerprint density at radius 1 is 0.442 bits per heavy atom. The van der Waals surface area contributed by atoms with Crippen LogP contribution in [0, 0.1) is 0 Å². The molecule has 1 atom stereocenters. The molecule has 0 bridgehead atoms. The van der Waals surface area contributed by atoms with E-state index in [0.29, 0.717) is 5.92 Å². The van der Waals surface area contributed by atoms with Crippen molar-refractivity contribution in [3.63, 3.8) is 0 Å². The molecule has 0 radical (unpaired) electrons. The fourth-order valence-electron chi connectivity index (χ4n) is 6.10. The van der Waals surface area contributed by atoms with Crippen LogP contribution in [-0.2, 0) is 0 Å². The number of anilines is 2. The van der Waals surface area contributed by atoms with Crippen molar-refractivity contribution in [1.29, 1.82) is 0 Å². The van der Waals surface area contributed by atoms with Crippen molar-refractivity contribution in [3.8, 4) is 33.4 Å². The molecule has 0 saturated carbocycles. The van der Waals surface area contributed by atoms with E-state index in [1.165, 1.54) is 44.6 Å². The molecule has 6 aromatic rings. The molecule has 0 heterocycles. The lowest BCUT2D eigenvalue weighted by Gasteiger charge is -2.30. The van der Waals surface area contributed by atoms with E-state index in [-0.39, 0.29) is 0 Å². The molecule has 1 unspecified atom stereocenters. The van der Waals surface area contributed by atoms with Gasteiger partial charge in [-0.1, -0.05) is 152 Å². The largest absolute Gasteiger partial charge is 0.311 e. The predicted octanol–water partition coefficient (Wildman–Crippen LogP) is 11.5. The topological polar surface area (TPSA) is 3.24 Å². The normalized spacial score (nSPS) is 14.2. The Kier molecular flexibility index (Phi) is 7.53. The van der Waals surface area contributed by atoms with E-state index >= 15 is 0 Å². The lowest BCUT2D eigenvalue weighted by Crippen LogP contribution is -2.17.